The fourth-order valence-electron chi connectivity index (χ4n) is 3.74. The number of aromatic amines is 1. The quantitative estimate of drug-likeness (QED) is 0.513. The molecule has 3 atom stereocenters. The van der Waals surface area contributed by atoms with Gasteiger partial charge in [0, 0.05) is 17.7 Å². The number of hydrogen-bond acceptors (Lipinski definition) is 4. The summed E-state index contributed by atoms with van der Waals surface area (Å²) in [7, 11) is 0. The number of halogens is 1. The number of H-pyrrole nitrogens is 1. The van der Waals surface area contributed by atoms with Crippen LogP contribution in [-0.2, 0) is 9.59 Å². The molecule has 1 aromatic heterocycles. The third kappa shape index (κ3) is 5.73. The van der Waals surface area contributed by atoms with Crippen molar-refractivity contribution in [1.82, 2.24) is 20.9 Å². The van der Waals surface area contributed by atoms with E-state index in [9.17, 15) is 19.6 Å². The number of aromatic nitrogens is 1. The van der Waals surface area contributed by atoms with E-state index >= 15 is 0 Å². The predicted molar refractivity (Wildman–Crippen MR) is 107 cm³/mol. The first-order valence-electron chi connectivity index (χ1n) is 9.83. The maximum atomic E-state index is 12.8. The second-order valence-electron chi connectivity index (χ2n) is 8.64. The molecule has 1 saturated carbocycles. The van der Waals surface area contributed by atoms with Crippen molar-refractivity contribution in [3.63, 3.8) is 0 Å². The van der Waals surface area contributed by atoms with Gasteiger partial charge in [-0.3, -0.25) is 14.4 Å². The first-order chi connectivity index (χ1) is 13.7. The second kappa shape index (κ2) is 8.46. The van der Waals surface area contributed by atoms with Crippen molar-refractivity contribution < 1.29 is 14.4 Å². The van der Waals surface area contributed by atoms with Crippen molar-refractivity contribution in [2.75, 3.05) is 0 Å². The molecule has 29 heavy (non-hydrogen) atoms. The standard InChI is InChI=1S/C20H26ClN5O3/c1-20(2)8-12(17(27)26-20)6-14(9-22)24-19(29)16(5-11-3-4-11)25-18(28)15-7-13(21)10-23-15/h7,10-12,14,16,23H,3-6,8H2,1-2H3,(H,24,29)(H,25,28)(H,26,27). The van der Waals surface area contributed by atoms with E-state index in [2.05, 4.69) is 27.0 Å². The summed E-state index contributed by atoms with van der Waals surface area (Å²) >= 11 is 5.84. The Morgan fingerprint density at radius 1 is 1.34 bits per heavy atom. The number of rotatable bonds is 8. The third-order valence-corrected chi connectivity index (χ3v) is 5.58. The molecule has 0 radical (unpaired) electrons. The Morgan fingerprint density at radius 2 is 2.07 bits per heavy atom. The summed E-state index contributed by atoms with van der Waals surface area (Å²) in [6.45, 7) is 3.86. The molecule has 0 bridgehead atoms. The summed E-state index contributed by atoms with van der Waals surface area (Å²) in [6.07, 6.45) is 4.90. The average molecular weight is 420 g/mol. The zero-order valence-corrected chi connectivity index (χ0v) is 17.3. The van der Waals surface area contributed by atoms with E-state index in [4.69, 9.17) is 11.6 Å². The lowest BCUT2D eigenvalue weighted by Gasteiger charge is -2.21. The van der Waals surface area contributed by atoms with Crippen LogP contribution in [0.5, 0.6) is 0 Å². The van der Waals surface area contributed by atoms with E-state index in [-0.39, 0.29) is 29.5 Å². The zero-order valence-electron chi connectivity index (χ0n) is 16.5. The molecule has 3 amide bonds. The van der Waals surface area contributed by atoms with Crippen LogP contribution in [-0.4, -0.2) is 40.3 Å². The first-order valence-corrected chi connectivity index (χ1v) is 10.2. The lowest BCUT2D eigenvalue weighted by atomic mass is 9.92. The van der Waals surface area contributed by atoms with Crippen LogP contribution in [0.2, 0.25) is 5.02 Å². The molecule has 3 unspecified atom stereocenters. The van der Waals surface area contributed by atoms with E-state index in [0.717, 1.165) is 12.8 Å². The molecule has 8 nitrogen and oxygen atoms in total. The van der Waals surface area contributed by atoms with Crippen LogP contribution < -0.4 is 16.0 Å². The molecule has 2 aliphatic rings. The SMILES string of the molecule is CC1(C)CC(CC(C#N)NC(=O)C(CC2CC2)NC(=O)c2cc(Cl)c[nH]2)C(=O)N1. The highest BCUT2D eigenvalue weighted by Gasteiger charge is 2.39. The number of carbonyl (C=O) groups is 3. The van der Waals surface area contributed by atoms with Crippen molar-refractivity contribution in [3.8, 4) is 6.07 Å². The minimum atomic E-state index is -0.800. The van der Waals surface area contributed by atoms with Crippen LogP contribution in [0.1, 0.15) is 56.4 Å². The molecule has 2 heterocycles. The fourth-order valence-corrected chi connectivity index (χ4v) is 3.90. The Labute approximate surface area is 174 Å². The molecule has 9 heteroatoms. The van der Waals surface area contributed by atoms with Gasteiger partial charge in [-0.05, 0) is 45.1 Å². The molecule has 4 N–H and O–H groups in total. The molecule has 1 saturated heterocycles. The topological polar surface area (TPSA) is 127 Å². The fraction of sp³-hybridized carbons (Fsp3) is 0.600. The van der Waals surface area contributed by atoms with Crippen molar-refractivity contribution >= 4 is 29.3 Å². The first kappa shape index (κ1) is 21.2. The van der Waals surface area contributed by atoms with Crippen LogP contribution in [0.4, 0.5) is 0 Å². The minimum absolute atomic E-state index is 0.101. The lowest BCUT2D eigenvalue weighted by Crippen LogP contribution is -2.50. The largest absolute Gasteiger partial charge is 0.356 e. The zero-order chi connectivity index (χ0) is 21.2. The van der Waals surface area contributed by atoms with Gasteiger partial charge in [0.05, 0.1) is 11.1 Å². The number of carbonyl (C=O) groups excluding carboxylic acids is 3. The van der Waals surface area contributed by atoms with Gasteiger partial charge in [-0.25, -0.2) is 0 Å². The number of nitrogens with one attached hydrogen (secondary N) is 4. The van der Waals surface area contributed by atoms with Gasteiger partial charge in [0.2, 0.25) is 11.8 Å². The van der Waals surface area contributed by atoms with Crippen LogP contribution in [0, 0.1) is 23.2 Å². The van der Waals surface area contributed by atoms with E-state index in [1.54, 1.807) is 0 Å². The van der Waals surface area contributed by atoms with Crippen LogP contribution in [0.25, 0.3) is 0 Å². The normalized spacial score (nSPS) is 22.3. The summed E-state index contributed by atoms with van der Waals surface area (Å²) < 4.78 is 0. The molecular formula is C20H26ClN5O3. The number of nitriles is 1. The smallest absolute Gasteiger partial charge is 0.268 e. The van der Waals surface area contributed by atoms with Gasteiger partial charge in [0.1, 0.15) is 17.8 Å². The Bertz CT molecular complexity index is 839. The predicted octanol–water partition coefficient (Wildman–Crippen LogP) is 1.88. The van der Waals surface area contributed by atoms with Crippen molar-refractivity contribution in [3.05, 3.63) is 23.0 Å². The highest BCUT2D eigenvalue weighted by Crippen LogP contribution is 2.34. The molecule has 3 rings (SSSR count). The molecule has 1 aliphatic carbocycles. The molecular weight excluding hydrogens is 394 g/mol. The van der Waals surface area contributed by atoms with Crippen molar-refractivity contribution in [2.45, 2.75) is 63.6 Å². The third-order valence-electron chi connectivity index (χ3n) is 5.36. The Hall–Kier alpha value is -2.53. The number of nitrogens with zero attached hydrogens (tertiary/aromatic N) is 1. The van der Waals surface area contributed by atoms with Gasteiger partial charge in [-0.2, -0.15) is 5.26 Å². The summed E-state index contributed by atoms with van der Waals surface area (Å²) in [5.74, 6) is -0.876. The highest BCUT2D eigenvalue weighted by molar-refractivity contribution is 6.31. The summed E-state index contributed by atoms with van der Waals surface area (Å²) in [4.78, 5) is 40.1. The van der Waals surface area contributed by atoms with E-state index in [1.165, 1.54) is 12.3 Å². The highest BCUT2D eigenvalue weighted by atomic mass is 35.5. The summed E-state index contributed by atoms with van der Waals surface area (Å²) in [6, 6.07) is 2.01. The lowest BCUT2D eigenvalue weighted by molar-refractivity contribution is -0.125. The summed E-state index contributed by atoms with van der Waals surface area (Å²) in [5.41, 5.74) is -0.0451. The van der Waals surface area contributed by atoms with E-state index < -0.39 is 23.9 Å². The maximum Gasteiger partial charge on any atom is 0.268 e. The van der Waals surface area contributed by atoms with Gasteiger partial charge in [0.25, 0.3) is 5.91 Å². The Kier molecular flexibility index (Phi) is 6.18. The number of amides is 3. The average Bonchev–Trinajstić information content (AvgIpc) is 3.28. The minimum Gasteiger partial charge on any atom is -0.356 e. The van der Waals surface area contributed by atoms with Crippen LogP contribution in [0.3, 0.4) is 0 Å². The van der Waals surface area contributed by atoms with Crippen LogP contribution >= 0.6 is 11.6 Å². The van der Waals surface area contributed by atoms with Crippen LogP contribution in [0.15, 0.2) is 12.3 Å². The molecule has 2 fully saturated rings. The van der Waals surface area contributed by atoms with Gasteiger partial charge in [0.15, 0.2) is 0 Å². The van der Waals surface area contributed by atoms with Gasteiger partial charge in [-0.15, -0.1) is 0 Å². The van der Waals surface area contributed by atoms with Crippen molar-refractivity contribution in [2.24, 2.45) is 11.8 Å². The van der Waals surface area contributed by atoms with Gasteiger partial charge in [-0.1, -0.05) is 24.4 Å². The maximum absolute atomic E-state index is 12.8. The van der Waals surface area contributed by atoms with Crippen molar-refractivity contribution in [1.29, 1.82) is 5.26 Å². The summed E-state index contributed by atoms with van der Waals surface area (Å²) in [5, 5.41) is 18.2. The Balaban J connectivity index is 1.61. The molecule has 1 aromatic rings. The molecule has 0 aromatic carbocycles. The Morgan fingerprint density at radius 3 is 2.59 bits per heavy atom. The van der Waals surface area contributed by atoms with Gasteiger partial charge < -0.3 is 20.9 Å². The monoisotopic (exact) mass is 419 g/mol. The van der Waals surface area contributed by atoms with Gasteiger partial charge >= 0.3 is 0 Å². The van der Waals surface area contributed by atoms with E-state index in [1.807, 2.05) is 13.8 Å². The second-order valence-corrected chi connectivity index (χ2v) is 9.07. The molecule has 156 valence electrons. The number of hydrogen-bond donors (Lipinski definition) is 4. The van der Waals surface area contributed by atoms with E-state index in [0.29, 0.717) is 23.8 Å². The molecule has 1 aliphatic heterocycles. The molecule has 0 spiro atoms.